The molecule has 0 aliphatic rings. The zero-order valence-corrected chi connectivity index (χ0v) is 10.1. The second-order valence-electron chi connectivity index (χ2n) is 4.13. The number of nitrogens with two attached hydrogens (primary N) is 2. The zero-order chi connectivity index (χ0) is 12.4. The van der Waals surface area contributed by atoms with Gasteiger partial charge in [0.05, 0.1) is 0 Å². The normalized spacial score (nSPS) is 10.2. The van der Waals surface area contributed by atoms with Crippen molar-refractivity contribution in [1.29, 1.82) is 0 Å². The van der Waals surface area contributed by atoms with Crippen LogP contribution in [0, 0.1) is 6.92 Å². The summed E-state index contributed by atoms with van der Waals surface area (Å²) in [5, 5.41) is 3.17. The number of aryl methyl sites for hydroxylation is 1. The van der Waals surface area contributed by atoms with Crippen LogP contribution < -0.4 is 16.8 Å². The van der Waals surface area contributed by atoms with Gasteiger partial charge in [0.15, 0.2) is 0 Å². The van der Waals surface area contributed by atoms with Crippen molar-refractivity contribution in [3.63, 3.8) is 0 Å². The highest BCUT2D eigenvalue weighted by molar-refractivity contribution is 5.83. The lowest BCUT2D eigenvalue weighted by molar-refractivity contribution is 1.44. The second-order valence-corrected chi connectivity index (χ2v) is 4.13. The third-order valence-electron chi connectivity index (χ3n) is 2.86. The van der Waals surface area contributed by atoms with Gasteiger partial charge in [-0.1, -0.05) is 6.07 Å². The number of anilines is 3. The molecule has 2 rings (SSSR count). The van der Waals surface area contributed by atoms with Gasteiger partial charge in [0.25, 0.3) is 0 Å². The average Bonchev–Trinajstić information content (AvgIpc) is 2.32. The van der Waals surface area contributed by atoms with Crippen molar-refractivity contribution in [3.05, 3.63) is 42.0 Å². The maximum Gasteiger partial charge on any atom is 0.0418 e. The minimum Gasteiger partial charge on any atom is -0.399 e. The molecule has 0 spiro atoms. The predicted molar refractivity (Wildman–Crippen MR) is 75.0 cm³/mol. The van der Waals surface area contributed by atoms with Crippen molar-refractivity contribution in [3.8, 4) is 11.1 Å². The van der Waals surface area contributed by atoms with Crippen molar-refractivity contribution in [2.24, 2.45) is 0 Å². The van der Waals surface area contributed by atoms with Gasteiger partial charge in [-0.3, -0.25) is 0 Å². The molecular formula is C14H17N3. The molecule has 0 bridgehead atoms. The van der Waals surface area contributed by atoms with E-state index < -0.39 is 0 Å². The van der Waals surface area contributed by atoms with Gasteiger partial charge in [0.1, 0.15) is 0 Å². The summed E-state index contributed by atoms with van der Waals surface area (Å²) in [7, 11) is 1.90. The van der Waals surface area contributed by atoms with Gasteiger partial charge in [-0.25, -0.2) is 0 Å². The molecule has 0 unspecified atom stereocenters. The fourth-order valence-electron chi connectivity index (χ4n) is 1.93. The Bertz CT molecular complexity index is 547. The molecule has 3 heteroatoms. The zero-order valence-electron chi connectivity index (χ0n) is 10.1. The number of hydrogen-bond acceptors (Lipinski definition) is 3. The van der Waals surface area contributed by atoms with Gasteiger partial charge in [-0.05, 0) is 48.4 Å². The molecule has 0 aliphatic heterocycles. The summed E-state index contributed by atoms with van der Waals surface area (Å²) >= 11 is 0. The summed E-state index contributed by atoms with van der Waals surface area (Å²) in [6.45, 7) is 2.07. The summed E-state index contributed by atoms with van der Waals surface area (Å²) in [6, 6.07) is 11.7. The van der Waals surface area contributed by atoms with Crippen LogP contribution in [0.3, 0.4) is 0 Å². The Hall–Kier alpha value is -2.16. The molecule has 5 N–H and O–H groups in total. The number of rotatable bonds is 2. The Morgan fingerprint density at radius 3 is 2.12 bits per heavy atom. The first-order chi connectivity index (χ1) is 8.11. The Labute approximate surface area is 101 Å². The van der Waals surface area contributed by atoms with E-state index in [4.69, 9.17) is 11.5 Å². The number of hydrogen-bond donors (Lipinski definition) is 3. The van der Waals surface area contributed by atoms with Gasteiger partial charge in [-0.15, -0.1) is 0 Å². The maximum absolute atomic E-state index is 5.85. The monoisotopic (exact) mass is 227 g/mol. The van der Waals surface area contributed by atoms with E-state index in [0.29, 0.717) is 0 Å². The van der Waals surface area contributed by atoms with E-state index in [1.54, 1.807) is 0 Å². The van der Waals surface area contributed by atoms with E-state index in [1.807, 2.05) is 43.4 Å². The molecule has 0 amide bonds. The molecular weight excluding hydrogens is 210 g/mol. The van der Waals surface area contributed by atoms with Crippen LogP contribution in [0.2, 0.25) is 0 Å². The van der Waals surface area contributed by atoms with E-state index in [2.05, 4.69) is 12.2 Å². The molecule has 0 radical (unpaired) electrons. The van der Waals surface area contributed by atoms with Crippen molar-refractivity contribution in [1.82, 2.24) is 0 Å². The predicted octanol–water partition coefficient (Wildman–Crippen LogP) is 2.87. The first kappa shape index (κ1) is 11.3. The molecule has 17 heavy (non-hydrogen) atoms. The third-order valence-corrected chi connectivity index (χ3v) is 2.86. The fraction of sp³-hybridized carbons (Fsp3) is 0.143. The molecule has 3 nitrogen and oxygen atoms in total. The molecule has 2 aromatic rings. The lowest BCUT2D eigenvalue weighted by Gasteiger charge is -2.13. The van der Waals surface area contributed by atoms with Crippen LogP contribution in [0.15, 0.2) is 36.4 Å². The molecule has 2 aromatic carbocycles. The highest BCUT2D eigenvalue weighted by Gasteiger charge is 2.07. The molecule has 0 fully saturated rings. The Morgan fingerprint density at radius 2 is 1.47 bits per heavy atom. The van der Waals surface area contributed by atoms with Crippen molar-refractivity contribution in [2.75, 3.05) is 23.8 Å². The molecule has 0 aliphatic carbocycles. The molecule has 0 aromatic heterocycles. The quantitative estimate of drug-likeness (QED) is 0.691. The Balaban J connectivity index is 2.66. The largest absolute Gasteiger partial charge is 0.399 e. The van der Waals surface area contributed by atoms with Gasteiger partial charge < -0.3 is 16.8 Å². The fourth-order valence-corrected chi connectivity index (χ4v) is 1.93. The average molecular weight is 227 g/mol. The van der Waals surface area contributed by atoms with Gasteiger partial charge in [-0.2, -0.15) is 0 Å². The van der Waals surface area contributed by atoms with Crippen LogP contribution in [0.25, 0.3) is 11.1 Å². The van der Waals surface area contributed by atoms with E-state index in [9.17, 15) is 0 Å². The highest BCUT2D eigenvalue weighted by Crippen LogP contribution is 2.33. The summed E-state index contributed by atoms with van der Waals surface area (Å²) in [6.07, 6.45) is 0. The highest BCUT2D eigenvalue weighted by atomic mass is 14.8. The van der Waals surface area contributed by atoms with Crippen LogP contribution in [-0.4, -0.2) is 7.05 Å². The summed E-state index contributed by atoms with van der Waals surface area (Å²) < 4.78 is 0. The van der Waals surface area contributed by atoms with Gasteiger partial charge >= 0.3 is 0 Å². The van der Waals surface area contributed by atoms with Crippen LogP contribution >= 0.6 is 0 Å². The van der Waals surface area contributed by atoms with E-state index >= 15 is 0 Å². The standard InChI is InChI=1S/C14H17N3/c1-9-3-4-10(15)7-12(9)13-8-11(16)5-6-14(13)17-2/h3-8,17H,15-16H2,1-2H3. The summed E-state index contributed by atoms with van der Waals surface area (Å²) in [5.74, 6) is 0. The maximum atomic E-state index is 5.85. The first-order valence-electron chi connectivity index (χ1n) is 5.55. The summed E-state index contributed by atoms with van der Waals surface area (Å²) in [5.41, 5.74) is 17.6. The van der Waals surface area contributed by atoms with Crippen LogP contribution in [0.4, 0.5) is 17.1 Å². The molecule has 0 saturated heterocycles. The molecule has 0 saturated carbocycles. The minimum absolute atomic E-state index is 0.751. The smallest absolute Gasteiger partial charge is 0.0418 e. The van der Waals surface area contributed by atoms with Gasteiger partial charge in [0, 0.05) is 29.7 Å². The molecule has 0 heterocycles. The first-order valence-corrected chi connectivity index (χ1v) is 5.55. The van der Waals surface area contributed by atoms with Crippen LogP contribution in [0.1, 0.15) is 5.56 Å². The Kier molecular flexibility index (Phi) is 2.91. The van der Waals surface area contributed by atoms with Crippen molar-refractivity contribution >= 4 is 17.1 Å². The number of benzene rings is 2. The lowest BCUT2D eigenvalue weighted by atomic mass is 9.98. The summed E-state index contributed by atoms with van der Waals surface area (Å²) in [4.78, 5) is 0. The minimum atomic E-state index is 0.751. The van der Waals surface area contributed by atoms with Crippen LogP contribution in [-0.2, 0) is 0 Å². The number of nitrogen functional groups attached to an aromatic ring is 2. The van der Waals surface area contributed by atoms with E-state index in [1.165, 1.54) is 5.56 Å². The van der Waals surface area contributed by atoms with Crippen molar-refractivity contribution < 1.29 is 0 Å². The Morgan fingerprint density at radius 1 is 0.882 bits per heavy atom. The van der Waals surface area contributed by atoms with Crippen molar-refractivity contribution in [2.45, 2.75) is 6.92 Å². The number of nitrogens with one attached hydrogen (secondary N) is 1. The van der Waals surface area contributed by atoms with Gasteiger partial charge in [0.2, 0.25) is 0 Å². The van der Waals surface area contributed by atoms with Crippen LogP contribution in [0.5, 0.6) is 0 Å². The second kappa shape index (κ2) is 4.37. The van der Waals surface area contributed by atoms with E-state index in [-0.39, 0.29) is 0 Å². The third kappa shape index (κ3) is 2.18. The molecule has 0 atom stereocenters. The SMILES string of the molecule is CNc1ccc(N)cc1-c1cc(N)ccc1C. The van der Waals surface area contributed by atoms with E-state index in [0.717, 1.165) is 28.2 Å². The molecule has 88 valence electrons. The topological polar surface area (TPSA) is 64.1 Å². The lowest BCUT2D eigenvalue weighted by Crippen LogP contribution is -1.96.